The lowest BCUT2D eigenvalue weighted by Gasteiger charge is -2.25. The molecule has 5 aromatic carbocycles. The van der Waals surface area contributed by atoms with Gasteiger partial charge in [-0.2, -0.15) is 0 Å². The lowest BCUT2D eigenvalue weighted by atomic mass is 9.86. The summed E-state index contributed by atoms with van der Waals surface area (Å²) in [4.78, 5) is 0. The number of hydrogen-bond acceptors (Lipinski definition) is 1. The van der Waals surface area contributed by atoms with Gasteiger partial charge in [-0.05, 0) is 68.8 Å². The molecule has 1 nitrogen and oxygen atoms in total. The number of nitrogens with one attached hydrogen (secondary N) is 1. The fourth-order valence-corrected chi connectivity index (χ4v) is 4.95. The molecule has 1 unspecified atom stereocenters. The maximum Gasteiger partial charge on any atom is 0.0488 e. The van der Waals surface area contributed by atoms with Gasteiger partial charge in [0.15, 0.2) is 0 Å². The average molecular weight is 450 g/mol. The second-order valence-electron chi connectivity index (χ2n) is 9.08. The summed E-state index contributed by atoms with van der Waals surface area (Å²) in [6.07, 6.45) is 5.52. The molecule has 35 heavy (non-hydrogen) atoms. The highest BCUT2D eigenvalue weighted by atomic mass is 14.9. The minimum absolute atomic E-state index is 0.240. The summed E-state index contributed by atoms with van der Waals surface area (Å²) in [5, 5.41) is 6.29. The van der Waals surface area contributed by atoms with E-state index in [1.165, 1.54) is 44.2 Å². The van der Waals surface area contributed by atoms with Crippen molar-refractivity contribution in [3.8, 4) is 11.1 Å². The van der Waals surface area contributed by atoms with Crippen LogP contribution in [0, 0.1) is 0 Å². The van der Waals surface area contributed by atoms with Crippen LogP contribution in [0.25, 0.3) is 33.0 Å². The van der Waals surface area contributed by atoms with Gasteiger partial charge < -0.3 is 5.32 Å². The van der Waals surface area contributed by atoms with Gasteiger partial charge in [0.1, 0.15) is 0 Å². The number of hydrogen-bond donors (Lipinski definition) is 1. The third kappa shape index (κ3) is 4.54. The number of fused-ring (bicyclic) bond motifs is 1. The van der Waals surface area contributed by atoms with Crippen LogP contribution in [-0.4, -0.2) is 6.04 Å². The van der Waals surface area contributed by atoms with Gasteiger partial charge in [-0.1, -0.05) is 121 Å². The summed E-state index contributed by atoms with van der Waals surface area (Å²) >= 11 is 0. The van der Waals surface area contributed by atoms with E-state index in [9.17, 15) is 0 Å². The first-order chi connectivity index (χ1) is 17.3. The van der Waals surface area contributed by atoms with Crippen molar-refractivity contribution in [2.24, 2.45) is 0 Å². The van der Waals surface area contributed by atoms with Crippen molar-refractivity contribution in [2.75, 3.05) is 5.32 Å². The normalized spacial score (nSPS) is 15.4. The molecule has 0 fully saturated rings. The van der Waals surface area contributed by atoms with Gasteiger partial charge in [0.05, 0.1) is 0 Å². The van der Waals surface area contributed by atoms with E-state index in [1.807, 2.05) is 0 Å². The molecule has 0 radical (unpaired) electrons. The van der Waals surface area contributed by atoms with Gasteiger partial charge in [0, 0.05) is 11.7 Å². The van der Waals surface area contributed by atoms with Crippen LogP contribution in [0.3, 0.4) is 0 Å². The minimum Gasteiger partial charge on any atom is -0.378 e. The Morgan fingerprint density at radius 3 is 1.89 bits per heavy atom. The molecule has 0 spiro atoms. The van der Waals surface area contributed by atoms with Crippen molar-refractivity contribution >= 4 is 27.6 Å². The standard InChI is InChI=1S/C34H27N/c1-3-10-27(11-4-1)33-22-21-32(24-34(33)28-12-5-2-6-13-28)35-31-19-17-26(18-20-31)30-16-15-25-9-7-8-14-29(25)23-30/h1-23,32,35H,24H2. The first kappa shape index (κ1) is 21.2. The molecule has 0 amide bonds. The molecule has 0 saturated heterocycles. The van der Waals surface area contributed by atoms with Gasteiger partial charge in [0.2, 0.25) is 0 Å². The van der Waals surface area contributed by atoms with Gasteiger partial charge in [0.25, 0.3) is 0 Å². The predicted octanol–water partition coefficient (Wildman–Crippen LogP) is 8.86. The Labute approximate surface area is 207 Å². The molecule has 1 N–H and O–H groups in total. The summed E-state index contributed by atoms with van der Waals surface area (Å²) in [7, 11) is 0. The van der Waals surface area contributed by atoms with Crippen LogP contribution < -0.4 is 5.32 Å². The molecule has 0 aromatic heterocycles. The highest BCUT2D eigenvalue weighted by Crippen LogP contribution is 2.35. The molecular formula is C34H27N. The lowest BCUT2D eigenvalue weighted by Crippen LogP contribution is -2.20. The van der Waals surface area contributed by atoms with Crippen molar-refractivity contribution in [1.82, 2.24) is 0 Å². The van der Waals surface area contributed by atoms with E-state index < -0.39 is 0 Å². The maximum absolute atomic E-state index is 3.74. The molecule has 0 aliphatic heterocycles. The zero-order chi connectivity index (χ0) is 23.5. The molecule has 1 heteroatoms. The quantitative estimate of drug-likeness (QED) is 0.282. The first-order valence-electron chi connectivity index (χ1n) is 12.2. The van der Waals surface area contributed by atoms with E-state index in [0.717, 1.165) is 12.1 Å². The molecule has 1 atom stereocenters. The summed E-state index contributed by atoms with van der Waals surface area (Å²) in [6.45, 7) is 0. The number of benzene rings is 5. The van der Waals surface area contributed by atoms with Crippen molar-refractivity contribution in [3.05, 3.63) is 151 Å². The summed E-state index contributed by atoms with van der Waals surface area (Å²) < 4.78 is 0. The molecule has 0 bridgehead atoms. The minimum atomic E-state index is 0.240. The zero-order valence-electron chi connectivity index (χ0n) is 19.6. The van der Waals surface area contributed by atoms with Crippen LogP contribution >= 0.6 is 0 Å². The van der Waals surface area contributed by atoms with E-state index in [2.05, 4.69) is 145 Å². The van der Waals surface area contributed by atoms with Gasteiger partial charge >= 0.3 is 0 Å². The highest BCUT2D eigenvalue weighted by molar-refractivity contribution is 5.97. The summed E-state index contributed by atoms with van der Waals surface area (Å²) in [6, 6.07) is 45.7. The van der Waals surface area contributed by atoms with Crippen LogP contribution in [-0.2, 0) is 0 Å². The van der Waals surface area contributed by atoms with Crippen molar-refractivity contribution in [2.45, 2.75) is 12.5 Å². The van der Waals surface area contributed by atoms with E-state index in [1.54, 1.807) is 0 Å². The van der Waals surface area contributed by atoms with Crippen LogP contribution in [0.4, 0.5) is 5.69 Å². The molecule has 6 rings (SSSR count). The molecular weight excluding hydrogens is 422 g/mol. The average Bonchev–Trinajstić information content (AvgIpc) is 2.94. The Hall–Kier alpha value is -4.36. The van der Waals surface area contributed by atoms with Crippen LogP contribution in [0.2, 0.25) is 0 Å². The van der Waals surface area contributed by atoms with Crippen LogP contribution in [0.5, 0.6) is 0 Å². The predicted molar refractivity (Wildman–Crippen MR) is 150 cm³/mol. The Bertz CT molecular complexity index is 1510. The topological polar surface area (TPSA) is 12.0 Å². The summed E-state index contributed by atoms with van der Waals surface area (Å²) in [5.41, 5.74) is 8.85. The fraction of sp³-hybridized carbons (Fsp3) is 0.0588. The Morgan fingerprint density at radius 2 is 1.14 bits per heavy atom. The van der Waals surface area contributed by atoms with Crippen molar-refractivity contribution < 1.29 is 0 Å². The lowest BCUT2D eigenvalue weighted by molar-refractivity contribution is 0.899. The second kappa shape index (κ2) is 9.48. The fourth-order valence-electron chi connectivity index (χ4n) is 4.95. The molecule has 0 heterocycles. The Morgan fingerprint density at radius 1 is 0.514 bits per heavy atom. The van der Waals surface area contributed by atoms with Gasteiger partial charge in [-0.15, -0.1) is 0 Å². The first-order valence-corrected chi connectivity index (χ1v) is 12.2. The van der Waals surface area contributed by atoms with E-state index in [4.69, 9.17) is 0 Å². The van der Waals surface area contributed by atoms with E-state index in [0.29, 0.717) is 0 Å². The smallest absolute Gasteiger partial charge is 0.0488 e. The van der Waals surface area contributed by atoms with Crippen LogP contribution in [0.15, 0.2) is 140 Å². The zero-order valence-corrected chi connectivity index (χ0v) is 19.6. The molecule has 5 aromatic rings. The number of allylic oxidation sites excluding steroid dienone is 2. The molecule has 0 saturated carbocycles. The van der Waals surface area contributed by atoms with Crippen molar-refractivity contribution in [1.29, 1.82) is 0 Å². The molecule has 168 valence electrons. The Kier molecular flexibility index (Phi) is 5.74. The third-order valence-corrected chi connectivity index (χ3v) is 6.77. The monoisotopic (exact) mass is 449 g/mol. The highest BCUT2D eigenvalue weighted by Gasteiger charge is 2.19. The van der Waals surface area contributed by atoms with Crippen molar-refractivity contribution in [3.63, 3.8) is 0 Å². The SMILES string of the molecule is C1=CC(Nc2ccc(-c3ccc4ccccc4c3)cc2)CC(c2ccccc2)=C1c1ccccc1. The van der Waals surface area contributed by atoms with E-state index in [-0.39, 0.29) is 6.04 Å². The van der Waals surface area contributed by atoms with E-state index >= 15 is 0 Å². The Balaban J connectivity index is 1.24. The number of anilines is 1. The number of rotatable bonds is 5. The second-order valence-corrected chi connectivity index (χ2v) is 9.08. The van der Waals surface area contributed by atoms with Crippen LogP contribution in [0.1, 0.15) is 17.5 Å². The maximum atomic E-state index is 3.74. The summed E-state index contributed by atoms with van der Waals surface area (Å²) in [5.74, 6) is 0. The van der Waals surface area contributed by atoms with Gasteiger partial charge in [-0.3, -0.25) is 0 Å². The third-order valence-electron chi connectivity index (χ3n) is 6.77. The largest absolute Gasteiger partial charge is 0.378 e. The molecule has 1 aliphatic carbocycles. The molecule has 1 aliphatic rings. The van der Waals surface area contributed by atoms with Gasteiger partial charge in [-0.25, -0.2) is 0 Å².